The molecule has 1 aromatic rings. The lowest BCUT2D eigenvalue weighted by Gasteiger charge is -2.06. The summed E-state index contributed by atoms with van der Waals surface area (Å²) in [4.78, 5) is 11.0. The molecule has 0 atom stereocenters. The largest absolute Gasteiger partial charge is 0.508 e. The summed E-state index contributed by atoms with van der Waals surface area (Å²) >= 11 is 0. The maximum Gasteiger partial charge on any atom is 0.188 e. The predicted molar refractivity (Wildman–Crippen MR) is 50.6 cm³/mol. The number of methoxy groups -OCH3 is 1. The van der Waals surface area contributed by atoms with Gasteiger partial charge in [-0.3, -0.25) is 4.79 Å². The number of benzene rings is 1. The van der Waals surface area contributed by atoms with Crippen LogP contribution in [0.4, 0.5) is 0 Å². The number of hydrogen-bond donors (Lipinski definition) is 1. The SMILES string of the molecule is COCOc1cc(O)cc(C(C)=O)c1. The predicted octanol–water partition coefficient (Wildman–Crippen LogP) is 1.58. The van der Waals surface area contributed by atoms with Gasteiger partial charge in [-0.15, -0.1) is 0 Å². The Morgan fingerprint density at radius 1 is 1.43 bits per heavy atom. The second kappa shape index (κ2) is 4.62. The molecule has 4 nitrogen and oxygen atoms in total. The van der Waals surface area contributed by atoms with Gasteiger partial charge in [-0.25, -0.2) is 0 Å². The molecule has 0 heterocycles. The molecule has 0 saturated heterocycles. The van der Waals surface area contributed by atoms with Crippen molar-refractivity contribution in [2.24, 2.45) is 0 Å². The summed E-state index contributed by atoms with van der Waals surface area (Å²) in [6.45, 7) is 1.51. The zero-order valence-electron chi connectivity index (χ0n) is 8.11. The minimum Gasteiger partial charge on any atom is -0.508 e. The fourth-order valence-electron chi connectivity index (χ4n) is 0.997. The first-order valence-electron chi connectivity index (χ1n) is 4.10. The molecule has 0 aliphatic rings. The summed E-state index contributed by atoms with van der Waals surface area (Å²) in [6.07, 6.45) is 0. The van der Waals surface area contributed by atoms with Crippen LogP contribution in [0.15, 0.2) is 18.2 Å². The fraction of sp³-hybridized carbons (Fsp3) is 0.300. The topological polar surface area (TPSA) is 55.8 Å². The van der Waals surface area contributed by atoms with E-state index in [1.54, 1.807) is 6.07 Å². The maximum atomic E-state index is 11.0. The molecule has 14 heavy (non-hydrogen) atoms. The molecule has 4 heteroatoms. The smallest absolute Gasteiger partial charge is 0.188 e. The van der Waals surface area contributed by atoms with E-state index in [4.69, 9.17) is 9.47 Å². The molecule has 0 saturated carbocycles. The van der Waals surface area contributed by atoms with Gasteiger partial charge in [-0.1, -0.05) is 0 Å². The van der Waals surface area contributed by atoms with Crippen molar-refractivity contribution in [3.8, 4) is 11.5 Å². The third kappa shape index (κ3) is 2.74. The number of hydrogen-bond acceptors (Lipinski definition) is 4. The molecule has 0 spiro atoms. The van der Waals surface area contributed by atoms with Crippen molar-refractivity contribution in [3.63, 3.8) is 0 Å². The highest BCUT2D eigenvalue weighted by atomic mass is 16.7. The van der Waals surface area contributed by atoms with Crippen molar-refractivity contribution in [2.75, 3.05) is 13.9 Å². The van der Waals surface area contributed by atoms with Crippen LogP contribution < -0.4 is 4.74 Å². The van der Waals surface area contributed by atoms with Crippen LogP contribution in [0.5, 0.6) is 11.5 Å². The van der Waals surface area contributed by atoms with Crippen molar-refractivity contribution < 1.29 is 19.4 Å². The molecular weight excluding hydrogens is 184 g/mol. The Kier molecular flexibility index (Phi) is 3.48. The van der Waals surface area contributed by atoms with Crippen molar-refractivity contribution in [2.45, 2.75) is 6.92 Å². The monoisotopic (exact) mass is 196 g/mol. The lowest BCUT2D eigenvalue weighted by Crippen LogP contribution is -2.00. The van der Waals surface area contributed by atoms with E-state index in [1.165, 1.54) is 26.2 Å². The minimum atomic E-state index is -0.122. The van der Waals surface area contributed by atoms with Gasteiger partial charge in [-0.2, -0.15) is 0 Å². The molecule has 0 aliphatic heterocycles. The van der Waals surface area contributed by atoms with Crippen molar-refractivity contribution in [1.29, 1.82) is 0 Å². The Labute approximate surface area is 82.1 Å². The molecule has 0 aromatic heterocycles. The van der Waals surface area contributed by atoms with Gasteiger partial charge in [-0.05, 0) is 19.1 Å². The number of aromatic hydroxyl groups is 1. The standard InChI is InChI=1S/C10H12O4/c1-7(11)8-3-9(12)5-10(4-8)14-6-13-2/h3-5,12H,6H2,1-2H3. The maximum absolute atomic E-state index is 11.0. The molecule has 0 radical (unpaired) electrons. The van der Waals surface area contributed by atoms with Crippen molar-refractivity contribution in [1.82, 2.24) is 0 Å². The van der Waals surface area contributed by atoms with Crippen LogP contribution in [0, 0.1) is 0 Å². The zero-order chi connectivity index (χ0) is 10.6. The molecule has 1 N–H and O–H groups in total. The quantitative estimate of drug-likeness (QED) is 0.586. The summed E-state index contributed by atoms with van der Waals surface area (Å²) in [5.74, 6) is 0.295. The van der Waals surface area contributed by atoms with Crippen molar-refractivity contribution >= 4 is 5.78 Å². The second-order valence-corrected chi connectivity index (χ2v) is 2.82. The number of carbonyl (C=O) groups excluding carboxylic acids is 1. The van der Waals surface area contributed by atoms with E-state index in [9.17, 15) is 9.90 Å². The Morgan fingerprint density at radius 2 is 2.14 bits per heavy atom. The van der Waals surface area contributed by atoms with Crippen LogP contribution in [0.25, 0.3) is 0 Å². The van der Waals surface area contributed by atoms with Crippen LogP contribution in [-0.2, 0) is 4.74 Å². The van der Waals surface area contributed by atoms with Gasteiger partial charge in [0.05, 0.1) is 0 Å². The van der Waals surface area contributed by atoms with E-state index in [2.05, 4.69) is 0 Å². The van der Waals surface area contributed by atoms with E-state index in [1.807, 2.05) is 0 Å². The summed E-state index contributed by atoms with van der Waals surface area (Å²) in [5, 5.41) is 9.27. The number of ketones is 1. The van der Waals surface area contributed by atoms with Gasteiger partial charge >= 0.3 is 0 Å². The summed E-state index contributed by atoms with van der Waals surface area (Å²) in [7, 11) is 1.49. The molecule has 0 aliphatic carbocycles. The summed E-state index contributed by atoms with van der Waals surface area (Å²) in [6, 6.07) is 4.37. The molecular formula is C10H12O4. The Morgan fingerprint density at radius 3 is 2.71 bits per heavy atom. The number of Topliss-reactive ketones (excluding diaryl/α,β-unsaturated/α-hetero) is 1. The van der Waals surface area contributed by atoms with Crippen LogP contribution >= 0.6 is 0 Å². The van der Waals surface area contributed by atoms with Crippen LogP contribution in [0.3, 0.4) is 0 Å². The Balaban J connectivity index is 2.89. The highest BCUT2D eigenvalue weighted by Crippen LogP contribution is 2.21. The van der Waals surface area contributed by atoms with Gasteiger partial charge in [0.1, 0.15) is 11.5 Å². The molecule has 0 amide bonds. The van der Waals surface area contributed by atoms with Crippen LogP contribution in [0.2, 0.25) is 0 Å². The molecule has 1 aromatic carbocycles. The van der Waals surface area contributed by atoms with E-state index < -0.39 is 0 Å². The van der Waals surface area contributed by atoms with Crippen LogP contribution in [-0.4, -0.2) is 24.8 Å². The summed E-state index contributed by atoms with van der Waals surface area (Å²) in [5.41, 5.74) is 0.413. The molecule has 76 valence electrons. The van der Waals surface area contributed by atoms with Gasteiger partial charge in [0.15, 0.2) is 12.6 Å². The second-order valence-electron chi connectivity index (χ2n) is 2.82. The first kappa shape index (κ1) is 10.5. The van der Waals surface area contributed by atoms with Gasteiger partial charge in [0.2, 0.25) is 0 Å². The molecule has 0 fully saturated rings. The average Bonchev–Trinajstić information content (AvgIpc) is 2.14. The van der Waals surface area contributed by atoms with Gasteiger partial charge in [0, 0.05) is 18.7 Å². The first-order chi connectivity index (χ1) is 6.63. The van der Waals surface area contributed by atoms with E-state index >= 15 is 0 Å². The van der Waals surface area contributed by atoms with E-state index in [0.29, 0.717) is 11.3 Å². The highest BCUT2D eigenvalue weighted by Gasteiger charge is 2.04. The third-order valence-corrected chi connectivity index (χ3v) is 1.64. The zero-order valence-corrected chi connectivity index (χ0v) is 8.11. The van der Waals surface area contributed by atoms with E-state index in [-0.39, 0.29) is 18.3 Å². The lowest BCUT2D eigenvalue weighted by atomic mass is 10.1. The number of phenols is 1. The van der Waals surface area contributed by atoms with Gasteiger partial charge < -0.3 is 14.6 Å². The van der Waals surface area contributed by atoms with E-state index in [0.717, 1.165) is 0 Å². The number of carbonyl (C=O) groups is 1. The average molecular weight is 196 g/mol. The number of phenolic OH excluding ortho intramolecular Hbond substituents is 1. The molecule has 1 rings (SSSR count). The third-order valence-electron chi connectivity index (χ3n) is 1.64. The Bertz CT molecular complexity index is 333. The first-order valence-corrected chi connectivity index (χ1v) is 4.10. The van der Waals surface area contributed by atoms with Crippen molar-refractivity contribution in [3.05, 3.63) is 23.8 Å². The lowest BCUT2D eigenvalue weighted by molar-refractivity contribution is 0.0509. The highest BCUT2D eigenvalue weighted by molar-refractivity contribution is 5.94. The minimum absolute atomic E-state index is 0.00352. The Hall–Kier alpha value is -1.55. The fourth-order valence-corrected chi connectivity index (χ4v) is 0.997. The summed E-state index contributed by atoms with van der Waals surface area (Å²) < 4.78 is 9.79. The number of rotatable bonds is 4. The number of ether oxygens (including phenoxy) is 2. The van der Waals surface area contributed by atoms with Gasteiger partial charge in [0.25, 0.3) is 0 Å². The normalized spacial score (nSPS) is 9.86. The molecule has 0 unspecified atom stereocenters. The van der Waals surface area contributed by atoms with Crippen LogP contribution in [0.1, 0.15) is 17.3 Å². The molecule has 0 bridgehead atoms.